The Morgan fingerprint density at radius 1 is 1.42 bits per heavy atom. The molecule has 0 bridgehead atoms. The second kappa shape index (κ2) is 6.19. The maximum Gasteiger partial charge on any atom is 0.224 e. The highest BCUT2D eigenvalue weighted by atomic mass is 15.2. The Morgan fingerprint density at radius 2 is 2.21 bits per heavy atom. The third-order valence-electron chi connectivity index (χ3n) is 3.75. The van der Waals surface area contributed by atoms with Crippen molar-refractivity contribution >= 4 is 11.8 Å². The second-order valence-electron chi connectivity index (χ2n) is 5.44. The van der Waals surface area contributed by atoms with Gasteiger partial charge in [0, 0.05) is 36.9 Å². The number of hydrogen-bond donors (Lipinski definition) is 2. The van der Waals surface area contributed by atoms with Crippen LogP contribution < -0.4 is 10.6 Å². The number of piperidine rings is 1. The van der Waals surface area contributed by atoms with Crippen LogP contribution in [0.4, 0.5) is 11.8 Å². The van der Waals surface area contributed by atoms with Gasteiger partial charge in [-0.15, -0.1) is 0 Å². The van der Waals surface area contributed by atoms with Crippen molar-refractivity contribution in [3.63, 3.8) is 0 Å². The second-order valence-corrected chi connectivity index (χ2v) is 5.44. The van der Waals surface area contributed by atoms with Crippen LogP contribution in [0.2, 0.25) is 0 Å². The third kappa shape index (κ3) is 3.80. The molecule has 2 N–H and O–H groups in total. The van der Waals surface area contributed by atoms with Crippen LogP contribution in [0.1, 0.15) is 32.4 Å². The van der Waals surface area contributed by atoms with Gasteiger partial charge in [-0.3, -0.25) is 0 Å². The summed E-state index contributed by atoms with van der Waals surface area (Å²) < 4.78 is 0. The molecule has 5 heteroatoms. The lowest BCUT2D eigenvalue weighted by molar-refractivity contribution is 0.190. The summed E-state index contributed by atoms with van der Waals surface area (Å²) in [7, 11) is 2.19. The average Bonchev–Trinajstić information content (AvgIpc) is 2.33. The highest BCUT2D eigenvalue weighted by Crippen LogP contribution is 2.19. The number of aryl methyl sites for hydroxylation is 1. The van der Waals surface area contributed by atoms with Crippen molar-refractivity contribution in [3.05, 3.63) is 11.8 Å². The van der Waals surface area contributed by atoms with E-state index in [9.17, 15) is 0 Å². The van der Waals surface area contributed by atoms with Crippen molar-refractivity contribution in [1.82, 2.24) is 14.9 Å². The quantitative estimate of drug-likeness (QED) is 0.871. The van der Waals surface area contributed by atoms with E-state index in [1.807, 2.05) is 13.0 Å². The molecule has 0 aromatic carbocycles. The largest absolute Gasteiger partial charge is 0.367 e. The first-order chi connectivity index (χ1) is 9.08. The Kier molecular flexibility index (Phi) is 4.58. The highest BCUT2D eigenvalue weighted by Gasteiger charge is 2.22. The van der Waals surface area contributed by atoms with Gasteiger partial charge in [-0.1, -0.05) is 0 Å². The third-order valence-corrected chi connectivity index (χ3v) is 3.75. The molecule has 19 heavy (non-hydrogen) atoms. The summed E-state index contributed by atoms with van der Waals surface area (Å²) >= 11 is 0. The molecule has 1 aromatic rings. The molecule has 106 valence electrons. The summed E-state index contributed by atoms with van der Waals surface area (Å²) in [4.78, 5) is 11.3. The standard InChI is InChI=1S/C14H25N5/c1-5-15-14-16-10(2)8-13(18-14)17-12-6-7-19(4)11(3)9-12/h8,11-12H,5-7,9H2,1-4H3,(H2,15,16,17,18). The smallest absolute Gasteiger partial charge is 0.224 e. The molecule has 1 aliphatic rings. The monoisotopic (exact) mass is 263 g/mol. The highest BCUT2D eigenvalue weighted by molar-refractivity contribution is 5.43. The van der Waals surface area contributed by atoms with Gasteiger partial charge >= 0.3 is 0 Å². The lowest BCUT2D eigenvalue weighted by atomic mass is 9.99. The minimum atomic E-state index is 0.509. The lowest BCUT2D eigenvalue weighted by Gasteiger charge is -2.35. The molecule has 0 spiro atoms. The van der Waals surface area contributed by atoms with Crippen molar-refractivity contribution in [2.24, 2.45) is 0 Å². The van der Waals surface area contributed by atoms with Crippen molar-refractivity contribution in [1.29, 1.82) is 0 Å². The summed E-state index contributed by atoms with van der Waals surface area (Å²) in [5.41, 5.74) is 0.995. The first-order valence-corrected chi connectivity index (χ1v) is 7.14. The zero-order valence-corrected chi connectivity index (χ0v) is 12.4. The number of aromatic nitrogens is 2. The first kappa shape index (κ1) is 14.1. The van der Waals surface area contributed by atoms with Crippen molar-refractivity contribution < 1.29 is 0 Å². The van der Waals surface area contributed by atoms with E-state index in [0.29, 0.717) is 18.0 Å². The van der Waals surface area contributed by atoms with E-state index >= 15 is 0 Å². The van der Waals surface area contributed by atoms with Gasteiger partial charge in [0.25, 0.3) is 0 Å². The molecule has 2 atom stereocenters. The van der Waals surface area contributed by atoms with Crippen molar-refractivity contribution in [3.8, 4) is 0 Å². The molecule has 5 nitrogen and oxygen atoms in total. The van der Waals surface area contributed by atoms with Gasteiger partial charge in [0.05, 0.1) is 0 Å². The minimum absolute atomic E-state index is 0.509. The fraction of sp³-hybridized carbons (Fsp3) is 0.714. The van der Waals surface area contributed by atoms with Crippen molar-refractivity contribution in [2.75, 3.05) is 30.8 Å². The molecule has 1 aliphatic heterocycles. The van der Waals surface area contributed by atoms with Gasteiger partial charge in [-0.25, -0.2) is 4.98 Å². The number of rotatable bonds is 4. The molecular weight excluding hydrogens is 238 g/mol. The summed E-state index contributed by atoms with van der Waals surface area (Å²) in [6.45, 7) is 8.32. The first-order valence-electron chi connectivity index (χ1n) is 7.14. The maximum atomic E-state index is 4.51. The predicted molar refractivity (Wildman–Crippen MR) is 79.7 cm³/mol. The average molecular weight is 263 g/mol. The van der Waals surface area contributed by atoms with Gasteiger partial charge in [0.2, 0.25) is 5.95 Å². The predicted octanol–water partition coefficient (Wildman–Crippen LogP) is 2.11. The molecule has 1 aromatic heterocycles. The zero-order valence-electron chi connectivity index (χ0n) is 12.4. The summed E-state index contributed by atoms with van der Waals surface area (Å²) in [5.74, 6) is 1.65. The maximum absolute atomic E-state index is 4.51. The van der Waals surface area contributed by atoms with Crippen molar-refractivity contribution in [2.45, 2.75) is 45.7 Å². The van der Waals surface area contributed by atoms with E-state index in [0.717, 1.165) is 31.0 Å². The molecule has 1 saturated heterocycles. The summed E-state index contributed by atoms with van der Waals surface area (Å²) in [5, 5.41) is 6.73. The van der Waals surface area contributed by atoms with Crippen LogP contribution in [0, 0.1) is 6.92 Å². The van der Waals surface area contributed by atoms with Crippen LogP contribution in [0.25, 0.3) is 0 Å². The Morgan fingerprint density at radius 3 is 2.89 bits per heavy atom. The van der Waals surface area contributed by atoms with Gasteiger partial charge < -0.3 is 15.5 Å². The van der Waals surface area contributed by atoms with E-state index in [-0.39, 0.29) is 0 Å². The molecule has 0 saturated carbocycles. The molecule has 2 unspecified atom stereocenters. The molecule has 0 amide bonds. The van der Waals surface area contributed by atoms with Crippen LogP contribution >= 0.6 is 0 Å². The number of nitrogens with zero attached hydrogens (tertiary/aromatic N) is 3. The van der Waals surface area contributed by atoms with Crippen LogP contribution in [0.15, 0.2) is 6.07 Å². The van der Waals surface area contributed by atoms with E-state index < -0.39 is 0 Å². The van der Waals surface area contributed by atoms with Gasteiger partial charge in [0.1, 0.15) is 5.82 Å². The Bertz CT molecular complexity index is 420. The number of hydrogen-bond acceptors (Lipinski definition) is 5. The topological polar surface area (TPSA) is 53.1 Å². The summed E-state index contributed by atoms with van der Waals surface area (Å²) in [6.07, 6.45) is 2.33. The van der Waals surface area contributed by atoms with E-state index in [1.54, 1.807) is 0 Å². The molecule has 2 heterocycles. The number of likely N-dealkylation sites (tertiary alicyclic amines) is 1. The fourth-order valence-electron chi connectivity index (χ4n) is 2.51. The van der Waals surface area contributed by atoms with Crippen LogP contribution in [0.5, 0.6) is 0 Å². The number of anilines is 2. The molecule has 0 aliphatic carbocycles. The van der Waals surface area contributed by atoms with Gasteiger partial charge in [0.15, 0.2) is 0 Å². The van der Waals surface area contributed by atoms with Crippen LogP contribution in [-0.2, 0) is 0 Å². The molecule has 0 radical (unpaired) electrons. The van der Waals surface area contributed by atoms with E-state index in [4.69, 9.17) is 0 Å². The van der Waals surface area contributed by atoms with E-state index in [1.165, 1.54) is 6.42 Å². The molecular formula is C14H25N5. The Hall–Kier alpha value is -1.36. The Balaban J connectivity index is 2.02. The minimum Gasteiger partial charge on any atom is -0.367 e. The van der Waals surface area contributed by atoms with Crippen LogP contribution in [0.3, 0.4) is 0 Å². The lowest BCUT2D eigenvalue weighted by Crippen LogP contribution is -2.42. The van der Waals surface area contributed by atoms with Crippen LogP contribution in [-0.4, -0.2) is 47.1 Å². The normalized spacial score (nSPS) is 24.2. The van der Waals surface area contributed by atoms with Gasteiger partial charge in [-0.2, -0.15) is 4.98 Å². The molecule has 2 rings (SSSR count). The summed E-state index contributed by atoms with van der Waals surface area (Å²) in [6, 6.07) is 3.15. The van der Waals surface area contributed by atoms with E-state index in [2.05, 4.69) is 46.4 Å². The molecule has 1 fully saturated rings. The van der Waals surface area contributed by atoms with Gasteiger partial charge in [-0.05, 0) is 40.7 Å². The fourth-order valence-corrected chi connectivity index (χ4v) is 2.51. The number of nitrogens with one attached hydrogen (secondary N) is 2. The SMILES string of the molecule is CCNc1nc(C)cc(NC2CCN(C)C(C)C2)n1. The Labute approximate surface area is 115 Å². The zero-order chi connectivity index (χ0) is 13.8.